The summed E-state index contributed by atoms with van der Waals surface area (Å²) in [6.07, 6.45) is 1.64. The second kappa shape index (κ2) is 6.49. The summed E-state index contributed by atoms with van der Waals surface area (Å²) in [5.41, 5.74) is 0.748. The monoisotopic (exact) mass is 289 g/mol. The van der Waals surface area contributed by atoms with E-state index in [1.54, 1.807) is 6.07 Å². The molecule has 21 heavy (non-hydrogen) atoms. The molecule has 1 aromatic carbocycles. The predicted molar refractivity (Wildman–Crippen MR) is 80.4 cm³/mol. The standard InChI is InChI=1S/C15H19N3O3/c1-9(2)5-11(19)7-16-14-12-4-3-10(15(20)21)6-13(12)17-8-18-14/h3-4,6,8-9,11,19H,5,7H2,1-2H3,(H,20,21)(H,16,17,18). The third-order valence-corrected chi connectivity index (χ3v) is 3.13. The SMILES string of the molecule is CC(C)CC(O)CNc1ncnc2cc(C(=O)O)ccc12. The Morgan fingerprint density at radius 3 is 2.76 bits per heavy atom. The van der Waals surface area contributed by atoms with Gasteiger partial charge in [0.15, 0.2) is 0 Å². The van der Waals surface area contributed by atoms with Crippen LogP contribution < -0.4 is 5.32 Å². The molecule has 1 aromatic heterocycles. The maximum atomic E-state index is 11.0. The second-order valence-corrected chi connectivity index (χ2v) is 5.42. The molecule has 1 atom stereocenters. The highest BCUT2D eigenvalue weighted by Gasteiger charge is 2.10. The molecule has 0 spiro atoms. The van der Waals surface area contributed by atoms with Gasteiger partial charge in [-0.2, -0.15) is 0 Å². The Bertz CT molecular complexity index is 643. The van der Waals surface area contributed by atoms with Crippen LogP contribution in [0.2, 0.25) is 0 Å². The molecular weight excluding hydrogens is 270 g/mol. The van der Waals surface area contributed by atoms with Gasteiger partial charge in [-0.25, -0.2) is 14.8 Å². The first-order valence-corrected chi connectivity index (χ1v) is 6.87. The summed E-state index contributed by atoms with van der Waals surface area (Å²) in [7, 11) is 0. The van der Waals surface area contributed by atoms with Crippen molar-refractivity contribution in [1.82, 2.24) is 9.97 Å². The molecule has 0 bridgehead atoms. The first-order valence-electron chi connectivity index (χ1n) is 6.87. The summed E-state index contributed by atoms with van der Waals surface area (Å²) in [6.45, 7) is 4.50. The summed E-state index contributed by atoms with van der Waals surface area (Å²) in [6, 6.07) is 4.70. The number of aromatic nitrogens is 2. The molecule has 1 heterocycles. The number of benzene rings is 1. The Morgan fingerprint density at radius 2 is 2.10 bits per heavy atom. The predicted octanol–water partition coefficient (Wildman–Crippen LogP) is 2.15. The largest absolute Gasteiger partial charge is 0.478 e. The number of carboxylic acids is 1. The van der Waals surface area contributed by atoms with Crippen molar-refractivity contribution in [3.63, 3.8) is 0 Å². The van der Waals surface area contributed by atoms with Gasteiger partial charge in [0.25, 0.3) is 0 Å². The van der Waals surface area contributed by atoms with Crippen molar-refractivity contribution in [3.8, 4) is 0 Å². The zero-order valence-corrected chi connectivity index (χ0v) is 12.1. The van der Waals surface area contributed by atoms with Crippen LogP contribution in [0.4, 0.5) is 5.82 Å². The van der Waals surface area contributed by atoms with E-state index in [1.165, 1.54) is 18.5 Å². The lowest BCUT2D eigenvalue weighted by Crippen LogP contribution is -2.21. The van der Waals surface area contributed by atoms with Gasteiger partial charge in [0.2, 0.25) is 0 Å². The van der Waals surface area contributed by atoms with Gasteiger partial charge in [-0.05, 0) is 30.5 Å². The van der Waals surface area contributed by atoms with Crippen LogP contribution in [0, 0.1) is 5.92 Å². The van der Waals surface area contributed by atoms with Crippen LogP contribution >= 0.6 is 0 Å². The van der Waals surface area contributed by atoms with Crippen molar-refractivity contribution in [2.75, 3.05) is 11.9 Å². The van der Waals surface area contributed by atoms with E-state index >= 15 is 0 Å². The fraction of sp³-hybridized carbons (Fsp3) is 0.400. The molecule has 0 fully saturated rings. The number of aliphatic hydroxyl groups is 1. The van der Waals surface area contributed by atoms with Crippen LogP contribution in [0.25, 0.3) is 10.9 Å². The second-order valence-electron chi connectivity index (χ2n) is 5.42. The van der Waals surface area contributed by atoms with Crippen LogP contribution in [-0.2, 0) is 0 Å². The van der Waals surface area contributed by atoms with Crippen molar-refractivity contribution in [1.29, 1.82) is 0 Å². The molecule has 6 heteroatoms. The maximum Gasteiger partial charge on any atom is 0.335 e. The van der Waals surface area contributed by atoms with Crippen LogP contribution in [-0.4, -0.2) is 38.8 Å². The van der Waals surface area contributed by atoms with Crippen molar-refractivity contribution in [2.24, 2.45) is 5.92 Å². The highest BCUT2D eigenvalue weighted by atomic mass is 16.4. The lowest BCUT2D eigenvalue weighted by molar-refractivity contribution is 0.0697. The lowest BCUT2D eigenvalue weighted by Gasteiger charge is -2.15. The number of anilines is 1. The Morgan fingerprint density at radius 1 is 1.33 bits per heavy atom. The number of hydrogen-bond acceptors (Lipinski definition) is 5. The first-order chi connectivity index (χ1) is 9.97. The molecule has 0 amide bonds. The van der Waals surface area contributed by atoms with Crippen molar-refractivity contribution < 1.29 is 15.0 Å². The molecule has 112 valence electrons. The number of aliphatic hydroxyl groups excluding tert-OH is 1. The summed E-state index contributed by atoms with van der Waals surface area (Å²) in [5.74, 6) is 0.0270. The van der Waals surface area contributed by atoms with Gasteiger partial charge in [-0.1, -0.05) is 13.8 Å². The van der Waals surface area contributed by atoms with Crippen LogP contribution in [0.1, 0.15) is 30.6 Å². The molecule has 6 nitrogen and oxygen atoms in total. The van der Waals surface area contributed by atoms with Gasteiger partial charge in [-0.15, -0.1) is 0 Å². The van der Waals surface area contributed by atoms with Crippen LogP contribution in [0.3, 0.4) is 0 Å². The third kappa shape index (κ3) is 3.88. The van der Waals surface area contributed by atoms with Crippen molar-refractivity contribution >= 4 is 22.7 Å². The van der Waals surface area contributed by atoms with E-state index in [9.17, 15) is 9.90 Å². The number of hydrogen-bond donors (Lipinski definition) is 3. The van der Waals surface area contributed by atoms with Gasteiger partial charge in [0, 0.05) is 11.9 Å². The number of carboxylic acid groups (broad SMARTS) is 1. The van der Waals surface area contributed by atoms with E-state index in [0.29, 0.717) is 30.2 Å². The highest BCUT2D eigenvalue weighted by molar-refractivity contribution is 5.96. The first kappa shape index (κ1) is 15.2. The quantitative estimate of drug-likeness (QED) is 0.754. The van der Waals surface area contributed by atoms with Crippen LogP contribution in [0.15, 0.2) is 24.5 Å². The average Bonchev–Trinajstić information content (AvgIpc) is 2.43. The van der Waals surface area contributed by atoms with E-state index in [4.69, 9.17) is 5.11 Å². The van der Waals surface area contributed by atoms with Gasteiger partial charge in [0.05, 0.1) is 17.2 Å². The minimum Gasteiger partial charge on any atom is -0.478 e. The topological polar surface area (TPSA) is 95.3 Å². The summed E-state index contributed by atoms with van der Waals surface area (Å²) in [5, 5.41) is 22.7. The van der Waals surface area contributed by atoms with Gasteiger partial charge >= 0.3 is 5.97 Å². The Labute approximate surface area is 122 Å². The Balaban J connectivity index is 2.19. The molecule has 0 aliphatic carbocycles. The molecule has 0 aliphatic rings. The number of aromatic carboxylic acids is 1. The summed E-state index contributed by atoms with van der Waals surface area (Å²) >= 11 is 0. The minimum absolute atomic E-state index is 0.187. The van der Waals surface area contributed by atoms with Crippen LogP contribution in [0.5, 0.6) is 0 Å². The molecular formula is C15H19N3O3. The molecule has 3 N–H and O–H groups in total. The zero-order chi connectivity index (χ0) is 15.4. The van der Waals surface area contributed by atoms with E-state index in [1.807, 2.05) is 0 Å². The van der Waals surface area contributed by atoms with Gasteiger partial charge < -0.3 is 15.5 Å². The lowest BCUT2D eigenvalue weighted by atomic mass is 10.1. The van der Waals surface area contributed by atoms with Crippen molar-refractivity contribution in [2.45, 2.75) is 26.4 Å². The summed E-state index contributed by atoms with van der Waals surface area (Å²) < 4.78 is 0. The van der Waals surface area contributed by atoms with E-state index in [0.717, 1.165) is 5.39 Å². The molecule has 2 aromatic rings. The average molecular weight is 289 g/mol. The maximum absolute atomic E-state index is 11.0. The van der Waals surface area contributed by atoms with Gasteiger partial charge in [0.1, 0.15) is 12.1 Å². The molecule has 0 aliphatic heterocycles. The molecule has 0 saturated carbocycles. The number of rotatable bonds is 6. The van der Waals surface area contributed by atoms with E-state index in [-0.39, 0.29) is 5.56 Å². The highest BCUT2D eigenvalue weighted by Crippen LogP contribution is 2.20. The summed E-state index contributed by atoms with van der Waals surface area (Å²) in [4.78, 5) is 19.2. The van der Waals surface area contributed by atoms with E-state index in [2.05, 4.69) is 29.1 Å². The minimum atomic E-state index is -0.989. The fourth-order valence-corrected chi connectivity index (χ4v) is 2.17. The molecule has 2 rings (SSSR count). The molecule has 0 saturated heterocycles. The number of nitrogens with one attached hydrogen (secondary N) is 1. The smallest absolute Gasteiger partial charge is 0.335 e. The number of fused-ring (bicyclic) bond motifs is 1. The number of nitrogens with zero attached hydrogens (tertiary/aromatic N) is 2. The normalized spacial score (nSPS) is 12.6. The van der Waals surface area contributed by atoms with Gasteiger partial charge in [-0.3, -0.25) is 0 Å². The zero-order valence-electron chi connectivity index (χ0n) is 12.1. The molecule has 1 unspecified atom stereocenters. The molecule has 0 radical (unpaired) electrons. The fourth-order valence-electron chi connectivity index (χ4n) is 2.17. The Kier molecular flexibility index (Phi) is 4.70. The van der Waals surface area contributed by atoms with Crippen molar-refractivity contribution in [3.05, 3.63) is 30.1 Å². The number of carbonyl (C=O) groups is 1. The third-order valence-electron chi connectivity index (χ3n) is 3.13. The Hall–Kier alpha value is -2.21. The van der Waals surface area contributed by atoms with E-state index < -0.39 is 12.1 Å².